The van der Waals surface area contributed by atoms with E-state index in [9.17, 15) is 24.9 Å². The summed E-state index contributed by atoms with van der Waals surface area (Å²) in [6.45, 7) is -1.16. The number of carbonyl (C=O) groups is 2. The van der Waals surface area contributed by atoms with E-state index in [0.29, 0.717) is 0 Å². The highest BCUT2D eigenvalue weighted by Crippen LogP contribution is 2.22. The highest BCUT2D eigenvalue weighted by atomic mass is 16.5. The number of aliphatic hydroxyl groups is 4. The molecule has 9 nitrogen and oxygen atoms in total. The fraction of sp³-hybridized carbons (Fsp3) is 0.800. The molecule has 1 aliphatic heterocycles. The lowest BCUT2D eigenvalue weighted by Crippen LogP contribution is -2.59. The molecule has 1 unspecified atom stereocenters. The number of carboxylic acid groups (broad SMARTS) is 1. The minimum absolute atomic E-state index is 0.394. The molecule has 6 N–H and O–H groups in total. The zero-order valence-corrected chi connectivity index (χ0v) is 9.97. The first kappa shape index (κ1) is 15.8. The fourth-order valence-corrected chi connectivity index (χ4v) is 1.78. The predicted octanol–water partition coefficient (Wildman–Crippen LogP) is -3.58. The van der Waals surface area contributed by atoms with Crippen molar-refractivity contribution in [2.24, 2.45) is 0 Å². The zero-order chi connectivity index (χ0) is 14.6. The van der Waals surface area contributed by atoms with Crippen molar-refractivity contribution in [1.82, 2.24) is 5.32 Å². The fourth-order valence-electron chi connectivity index (χ4n) is 1.78. The molecular weight excluding hydrogens is 262 g/mol. The van der Waals surface area contributed by atoms with E-state index in [2.05, 4.69) is 5.32 Å². The van der Waals surface area contributed by atoms with Crippen LogP contribution in [0.25, 0.3) is 0 Å². The van der Waals surface area contributed by atoms with Crippen molar-refractivity contribution in [3.8, 4) is 0 Å². The van der Waals surface area contributed by atoms with Crippen LogP contribution in [-0.2, 0) is 14.3 Å². The van der Waals surface area contributed by atoms with E-state index in [-0.39, 0.29) is 0 Å². The molecule has 0 aromatic carbocycles. The molecule has 9 heteroatoms. The van der Waals surface area contributed by atoms with Gasteiger partial charge >= 0.3 is 5.97 Å². The number of rotatable bonds is 5. The molecule has 1 saturated heterocycles. The van der Waals surface area contributed by atoms with Crippen molar-refractivity contribution in [3.05, 3.63) is 0 Å². The summed E-state index contributed by atoms with van der Waals surface area (Å²) in [7, 11) is 0. The number of carboxylic acids is 1. The van der Waals surface area contributed by atoms with Crippen LogP contribution in [0.15, 0.2) is 0 Å². The third-order valence-electron chi connectivity index (χ3n) is 2.81. The number of aliphatic hydroxyl groups excluding tert-OH is 4. The number of hydrogen-bond donors (Lipinski definition) is 6. The number of hydrogen-bond acceptors (Lipinski definition) is 7. The summed E-state index contributed by atoms with van der Waals surface area (Å²) in [6.07, 6.45) is -7.16. The molecule has 1 heterocycles. The van der Waals surface area contributed by atoms with Gasteiger partial charge in [-0.3, -0.25) is 9.59 Å². The number of amides is 1. The summed E-state index contributed by atoms with van der Waals surface area (Å²) in [4.78, 5) is 21.6. The summed E-state index contributed by atoms with van der Waals surface area (Å²) < 4.78 is 5.09. The van der Waals surface area contributed by atoms with Crippen LogP contribution in [0.1, 0.15) is 6.42 Å². The second kappa shape index (κ2) is 6.78. The maximum atomic E-state index is 11.4. The second-order valence-electron chi connectivity index (χ2n) is 4.24. The topological polar surface area (TPSA) is 157 Å². The normalized spacial score (nSPS) is 34.8. The predicted molar refractivity (Wildman–Crippen MR) is 59.0 cm³/mol. The van der Waals surface area contributed by atoms with Crippen molar-refractivity contribution in [2.75, 3.05) is 13.2 Å². The van der Waals surface area contributed by atoms with E-state index >= 15 is 0 Å². The molecule has 110 valence electrons. The molecule has 0 saturated carbocycles. The lowest BCUT2D eigenvalue weighted by atomic mass is 9.93. The number of aliphatic carboxylic acids is 1. The van der Waals surface area contributed by atoms with Gasteiger partial charge < -0.3 is 35.6 Å². The number of carbonyl (C=O) groups excluding carboxylic acids is 1. The Morgan fingerprint density at radius 3 is 2.16 bits per heavy atom. The van der Waals surface area contributed by atoms with Crippen molar-refractivity contribution >= 4 is 11.9 Å². The molecule has 0 aromatic heterocycles. The van der Waals surface area contributed by atoms with Crippen LogP contribution in [0.3, 0.4) is 0 Å². The Labute approximate surface area is 108 Å². The maximum absolute atomic E-state index is 11.4. The van der Waals surface area contributed by atoms with Gasteiger partial charge in [0.15, 0.2) is 0 Å². The molecule has 0 radical (unpaired) electrons. The highest BCUT2D eigenvalue weighted by molar-refractivity contribution is 5.81. The average molecular weight is 279 g/mol. The van der Waals surface area contributed by atoms with Crippen LogP contribution in [0, 0.1) is 0 Å². The van der Waals surface area contributed by atoms with Crippen LogP contribution in [0.2, 0.25) is 0 Å². The van der Waals surface area contributed by atoms with Gasteiger partial charge in [0.2, 0.25) is 5.91 Å². The Kier molecular flexibility index (Phi) is 5.63. The van der Waals surface area contributed by atoms with Crippen LogP contribution < -0.4 is 5.32 Å². The molecular formula is C10H17NO8. The molecule has 1 fully saturated rings. The summed E-state index contributed by atoms with van der Waals surface area (Å²) in [5.74, 6) is -1.91. The lowest BCUT2D eigenvalue weighted by Gasteiger charge is -2.39. The molecule has 0 spiro atoms. The van der Waals surface area contributed by atoms with Crippen molar-refractivity contribution < 1.29 is 39.9 Å². The second-order valence-corrected chi connectivity index (χ2v) is 4.24. The molecule has 0 bridgehead atoms. The molecule has 1 amide bonds. The molecule has 0 aliphatic carbocycles. The van der Waals surface area contributed by atoms with Gasteiger partial charge in [-0.1, -0.05) is 0 Å². The first-order valence-corrected chi connectivity index (χ1v) is 5.65. The first-order chi connectivity index (χ1) is 8.86. The van der Waals surface area contributed by atoms with Gasteiger partial charge in [-0.15, -0.1) is 0 Å². The van der Waals surface area contributed by atoms with Crippen LogP contribution in [-0.4, -0.2) is 81.1 Å². The number of nitrogens with one attached hydrogen (secondary N) is 1. The first-order valence-electron chi connectivity index (χ1n) is 5.65. The lowest BCUT2D eigenvalue weighted by molar-refractivity contribution is -0.229. The highest BCUT2D eigenvalue weighted by Gasteiger charge is 2.43. The van der Waals surface area contributed by atoms with Gasteiger partial charge in [0.05, 0.1) is 19.1 Å². The standard InChI is InChI=1S/C10H17NO8/c12-3-5-9(17)10(18)8(16)4(19-5)1-6(13)11-2-7(14)15/h4-5,8-10,12,16-18H,1-3H2,(H,11,13)(H,14,15)/t4-,5+,8?,9+,10+/m0/s1. The van der Waals surface area contributed by atoms with Gasteiger partial charge in [0.1, 0.15) is 31.0 Å². The van der Waals surface area contributed by atoms with Gasteiger partial charge in [-0.2, -0.15) is 0 Å². The van der Waals surface area contributed by atoms with Crippen LogP contribution >= 0.6 is 0 Å². The Hall–Kier alpha value is -1.26. The van der Waals surface area contributed by atoms with Crippen molar-refractivity contribution in [3.63, 3.8) is 0 Å². The van der Waals surface area contributed by atoms with E-state index in [1.54, 1.807) is 0 Å². The van der Waals surface area contributed by atoms with E-state index < -0.39 is 62.0 Å². The molecule has 1 aliphatic rings. The van der Waals surface area contributed by atoms with Gasteiger partial charge in [-0.05, 0) is 0 Å². The number of ether oxygens (including phenoxy) is 1. The smallest absolute Gasteiger partial charge is 0.322 e. The van der Waals surface area contributed by atoms with Gasteiger partial charge in [0, 0.05) is 0 Å². The Morgan fingerprint density at radius 1 is 1.05 bits per heavy atom. The third-order valence-corrected chi connectivity index (χ3v) is 2.81. The van der Waals surface area contributed by atoms with Crippen LogP contribution in [0.5, 0.6) is 0 Å². The van der Waals surface area contributed by atoms with E-state index in [0.717, 1.165) is 0 Å². The Balaban J connectivity index is 2.56. The van der Waals surface area contributed by atoms with Crippen molar-refractivity contribution in [2.45, 2.75) is 36.9 Å². The van der Waals surface area contributed by atoms with Crippen LogP contribution in [0.4, 0.5) is 0 Å². The molecule has 5 atom stereocenters. The third kappa shape index (κ3) is 4.11. The Morgan fingerprint density at radius 2 is 1.63 bits per heavy atom. The summed E-state index contributed by atoms with van der Waals surface area (Å²) in [5.41, 5.74) is 0. The van der Waals surface area contributed by atoms with Gasteiger partial charge in [0.25, 0.3) is 0 Å². The largest absolute Gasteiger partial charge is 0.480 e. The summed E-state index contributed by atoms with van der Waals surface area (Å²) in [5, 5.41) is 48.0. The summed E-state index contributed by atoms with van der Waals surface area (Å²) in [6, 6.07) is 0. The minimum Gasteiger partial charge on any atom is -0.480 e. The summed E-state index contributed by atoms with van der Waals surface area (Å²) >= 11 is 0. The van der Waals surface area contributed by atoms with Crippen molar-refractivity contribution in [1.29, 1.82) is 0 Å². The van der Waals surface area contributed by atoms with E-state index in [1.165, 1.54) is 0 Å². The monoisotopic (exact) mass is 279 g/mol. The maximum Gasteiger partial charge on any atom is 0.322 e. The average Bonchev–Trinajstić information content (AvgIpc) is 2.37. The SMILES string of the molecule is O=C(O)CNC(=O)C[C@@H]1O[C@H](CO)[C@@H](O)[C@H](O)C1O. The molecule has 19 heavy (non-hydrogen) atoms. The van der Waals surface area contributed by atoms with E-state index in [4.69, 9.17) is 14.9 Å². The van der Waals surface area contributed by atoms with E-state index in [1.807, 2.05) is 0 Å². The minimum atomic E-state index is -1.55. The Bertz CT molecular complexity index is 333. The van der Waals surface area contributed by atoms with Gasteiger partial charge in [-0.25, -0.2) is 0 Å². The molecule has 1 rings (SSSR count). The molecule has 0 aromatic rings. The zero-order valence-electron chi connectivity index (χ0n) is 9.97. The quantitative estimate of drug-likeness (QED) is 0.301.